The van der Waals surface area contributed by atoms with E-state index in [1.165, 1.54) is 36.8 Å². The summed E-state index contributed by atoms with van der Waals surface area (Å²) in [6.07, 6.45) is 5.43. The zero-order valence-electron chi connectivity index (χ0n) is 18.8. The predicted octanol–water partition coefficient (Wildman–Crippen LogP) is 6.25. The zero-order valence-corrected chi connectivity index (χ0v) is 18.8. The first kappa shape index (κ1) is 22.6. The summed E-state index contributed by atoms with van der Waals surface area (Å²) in [5, 5.41) is 13.8. The maximum atomic E-state index is 10.3. The summed E-state index contributed by atoms with van der Waals surface area (Å²) >= 11 is 0. The minimum Gasteiger partial charge on any atom is -0.489 e. The Morgan fingerprint density at radius 2 is 1.47 bits per heavy atom. The molecule has 1 atom stereocenters. The van der Waals surface area contributed by atoms with Crippen LogP contribution < -0.4 is 10.1 Å². The van der Waals surface area contributed by atoms with Crippen molar-refractivity contribution in [1.82, 2.24) is 5.32 Å². The molecule has 0 heterocycles. The van der Waals surface area contributed by atoms with Crippen molar-refractivity contribution in [2.75, 3.05) is 13.1 Å². The second kappa shape index (κ2) is 11.8. The summed E-state index contributed by atoms with van der Waals surface area (Å²) in [7, 11) is 0. The number of aliphatic hydroxyl groups excluding tert-OH is 1. The lowest BCUT2D eigenvalue weighted by Gasteiger charge is -2.29. The van der Waals surface area contributed by atoms with E-state index in [1.807, 2.05) is 48.5 Å². The van der Waals surface area contributed by atoms with Crippen molar-refractivity contribution in [3.63, 3.8) is 0 Å². The monoisotopic (exact) mass is 429 g/mol. The van der Waals surface area contributed by atoms with Gasteiger partial charge in [-0.25, -0.2) is 0 Å². The van der Waals surface area contributed by atoms with Crippen molar-refractivity contribution < 1.29 is 9.84 Å². The van der Waals surface area contributed by atoms with Crippen molar-refractivity contribution in [2.24, 2.45) is 5.92 Å². The maximum Gasteiger partial charge on any atom is 0.119 e. The van der Waals surface area contributed by atoms with Gasteiger partial charge in [0.1, 0.15) is 12.4 Å². The van der Waals surface area contributed by atoms with Crippen LogP contribution in [-0.2, 0) is 6.61 Å². The normalized spacial score (nSPS) is 19.4. The Morgan fingerprint density at radius 3 is 2.16 bits per heavy atom. The first-order valence-corrected chi connectivity index (χ1v) is 12.0. The largest absolute Gasteiger partial charge is 0.489 e. The van der Waals surface area contributed by atoms with Crippen LogP contribution in [0.3, 0.4) is 0 Å². The Labute approximate surface area is 192 Å². The van der Waals surface area contributed by atoms with Crippen molar-refractivity contribution >= 4 is 0 Å². The van der Waals surface area contributed by atoms with Gasteiger partial charge in [-0.3, -0.25) is 0 Å². The molecule has 3 heteroatoms. The van der Waals surface area contributed by atoms with Crippen LogP contribution in [0.1, 0.15) is 60.8 Å². The molecule has 1 unspecified atom stereocenters. The van der Waals surface area contributed by atoms with Crippen molar-refractivity contribution in [1.29, 1.82) is 0 Å². The second-order valence-electron chi connectivity index (χ2n) is 8.98. The van der Waals surface area contributed by atoms with Gasteiger partial charge in [0.05, 0.1) is 6.10 Å². The molecule has 3 nitrogen and oxygen atoms in total. The summed E-state index contributed by atoms with van der Waals surface area (Å²) in [6.45, 7) is 2.53. The Hall–Kier alpha value is -2.62. The van der Waals surface area contributed by atoms with Crippen LogP contribution in [0.2, 0.25) is 0 Å². The molecule has 3 aromatic rings. The van der Waals surface area contributed by atoms with E-state index in [1.54, 1.807) is 0 Å². The third-order valence-corrected chi connectivity index (χ3v) is 6.66. The molecule has 0 aromatic heterocycles. The quantitative estimate of drug-likeness (QED) is 0.374. The molecule has 0 aliphatic heterocycles. The molecule has 1 aliphatic carbocycles. The molecule has 0 amide bonds. The number of nitrogens with one attached hydrogen (secondary N) is 1. The van der Waals surface area contributed by atoms with Gasteiger partial charge in [0.2, 0.25) is 0 Å². The molecule has 2 N–H and O–H groups in total. The Bertz CT molecular complexity index is 903. The maximum absolute atomic E-state index is 10.3. The predicted molar refractivity (Wildman–Crippen MR) is 131 cm³/mol. The van der Waals surface area contributed by atoms with Crippen molar-refractivity contribution in [3.05, 3.63) is 102 Å². The Morgan fingerprint density at radius 1 is 0.812 bits per heavy atom. The molecule has 32 heavy (non-hydrogen) atoms. The summed E-state index contributed by atoms with van der Waals surface area (Å²) < 4.78 is 5.93. The third-order valence-electron chi connectivity index (χ3n) is 6.66. The fourth-order valence-corrected chi connectivity index (χ4v) is 4.66. The number of ether oxygens (including phenoxy) is 1. The fourth-order valence-electron chi connectivity index (χ4n) is 4.66. The molecule has 168 valence electrons. The van der Waals surface area contributed by atoms with Crippen LogP contribution in [-0.4, -0.2) is 18.2 Å². The number of benzene rings is 3. The first-order valence-electron chi connectivity index (χ1n) is 12.0. The number of hydrogen-bond donors (Lipinski definition) is 2. The fraction of sp³-hybridized carbons (Fsp3) is 0.379. The average molecular weight is 430 g/mol. The van der Waals surface area contributed by atoms with Crippen LogP contribution in [0.5, 0.6) is 5.75 Å². The van der Waals surface area contributed by atoms with E-state index in [4.69, 9.17) is 4.74 Å². The number of aliphatic hydroxyl groups is 1. The minimum atomic E-state index is -0.376. The topological polar surface area (TPSA) is 41.5 Å². The van der Waals surface area contributed by atoms with Gasteiger partial charge in [-0.15, -0.1) is 0 Å². The lowest BCUT2D eigenvalue weighted by Crippen LogP contribution is -2.27. The highest BCUT2D eigenvalue weighted by Gasteiger charge is 2.22. The summed E-state index contributed by atoms with van der Waals surface area (Å²) in [6, 6.07) is 29.0. The molecular weight excluding hydrogens is 394 g/mol. The van der Waals surface area contributed by atoms with E-state index in [0.717, 1.165) is 36.7 Å². The standard InChI is InChI=1S/C29H35NO2/c31-29(27-9-5-2-6-10-27)19-20-30-21-23-11-13-25(14-12-23)26-15-17-28(18-16-26)32-22-24-7-3-1-4-8-24/h1-10,15-18,23,25,29-31H,11-14,19-22H2. The van der Waals surface area contributed by atoms with Crippen LogP contribution in [0.4, 0.5) is 0 Å². The highest BCUT2D eigenvalue weighted by molar-refractivity contribution is 5.30. The van der Waals surface area contributed by atoms with Gasteiger partial charge < -0.3 is 15.2 Å². The third kappa shape index (κ3) is 6.69. The van der Waals surface area contributed by atoms with Crippen molar-refractivity contribution in [3.8, 4) is 5.75 Å². The van der Waals surface area contributed by atoms with Gasteiger partial charge in [0.15, 0.2) is 0 Å². The van der Waals surface area contributed by atoms with E-state index in [2.05, 4.69) is 41.7 Å². The van der Waals surface area contributed by atoms with Crippen LogP contribution >= 0.6 is 0 Å². The first-order chi connectivity index (χ1) is 15.8. The van der Waals surface area contributed by atoms with E-state index in [0.29, 0.717) is 12.5 Å². The van der Waals surface area contributed by atoms with E-state index < -0.39 is 0 Å². The van der Waals surface area contributed by atoms with E-state index >= 15 is 0 Å². The van der Waals surface area contributed by atoms with Crippen LogP contribution in [0.25, 0.3) is 0 Å². The molecular formula is C29H35NO2. The lowest BCUT2D eigenvalue weighted by molar-refractivity contribution is 0.165. The molecule has 1 aliphatic rings. The molecule has 0 radical (unpaired) electrons. The van der Waals surface area contributed by atoms with Crippen LogP contribution in [0, 0.1) is 5.92 Å². The molecule has 1 saturated carbocycles. The summed E-state index contributed by atoms with van der Waals surface area (Å²) in [4.78, 5) is 0. The van der Waals surface area contributed by atoms with Gasteiger partial charge in [-0.2, -0.15) is 0 Å². The average Bonchev–Trinajstić information content (AvgIpc) is 2.87. The van der Waals surface area contributed by atoms with Gasteiger partial charge in [0.25, 0.3) is 0 Å². The minimum absolute atomic E-state index is 0.376. The van der Waals surface area contributed by atoms with Gasteiger partial charge in [-0.1, -0.05) is 72.8 Å². The molecule has 4 rings (SSSR count). The SMILES string of the molecule is OC(CCNCC1CCC(c2ccc(OCc3ccccc3)cc2)CC1)c1ccccc1. The number of hydrogen-bond acceptors (Lipinski definition) is 3. The van der Waals surface area contributed by atoms with Gasteiger partial charge in [-0.05, 0) is 85.9 Å². The van der Waals surface area contributed by atoms with Crippen molar-refractivity contribution in [2.45, 2.75) is 50.7 Å². The van der Waals surface area contributed by atoms with E-state index in [-0.39, 0.29) is 6.10 Å². The van der Waals surface area contributed by atoms with E-state index in [9.17, 15) is 5.11 Å². The molecule has 1 fully saturated rings. The zero-order chi connectivity index (χ0) is 22.0. The summed E-state index contributed by atoms with van der Waals surface area (Å²) in [5.74, 6) is 2.34. The Balaban J connectivity index is 1.14. The highest BCUT2D eigenvalue weighted by Crippen LogP contribution is 2.36. The smallest absolute Gasteiger partial charge is 0.119 e. The summed E-state index contributed by atoms with van der Waals surface area (Å²) in [5.41, 5.74) is 3.64. The van der Waals surface area contributed by atoms with Gasteiger partial charge >= 0.3 is 0 Å². The highest BCUT2D eigenvalue weighted by atomic mass is 16.5. The lowest BCUT2D eigenvalue weighted by atomic mass is 9.78. The second-order valence-corrected chi connectivity index (χ2v) is 8.98. The molecule has 3 aromatic carbocycles. The van der Waals surface area contributed by atoms with Crippen LogP contribution in [0.15, 0.2) is 84.9 Å². The Kier molecular flexibility index (Phi) is 8.35. The van der Waals surface area contributed by atoms with Gasteiger partial charge in [0, 0.05) is 0 Å². The number of rotatable bonds is 10. The molecule has 0 bridgehead atoms. The molecule has 0 saturated heterocycles. The molecule has 0 spiro atoms.